The van der Waals surface area contributed by atoms with Gasteiger partial charge in [0.1, 0.15) is 0 Å². The lowest BCUT2D eigenvalue weighted by Crippen LogP contribution is -2.32. The zero-order chi connectivity index (χ0) is 9.68. The molecule has 13 heavy (non-hydrogen) atoms. The van der Waals surface area contributed by atoms with Crippen molar-refractivity contribution in [3.05, 3.63) is 0 Å². The summed E-state index contributed by atoms with van der Waals surface area (Å²) in [6, 6.07) is 0. The number of ether oxygens (including phenoxy) is 1. The Morgan fingerprint density at radius 3 is 3.00 bits per heavy atom. The minimum Gasteiger partial charge on any atom is -0.381 e. The minimum absolute atomic E-state index is 0.0211. The number of hydrogen-bond donors (Lipinski definition) is 1. The average molecular weight is 187 g/mol. The molecule has 1 fully saturated rings. The van der Waals surface area contributed by atoms with Gasteiger partial charge in [0.25, 0.3) is 0 Å². The molecule has 0 saturated carbocycles. The van der Waals surface area contributed by atoms with E-state index in [1.165, 1.54) is 0 Å². The summed E-state index contributed by atoms with van der Waals surface area (Å²) in [5.41, 5.74) is 2.44. The third-order valence-corrected chi connectivity index (χ3v) is 1.89. The topological polar surface area (TPSA) is 47.6 Å². The number of hydrogen-bond acceptors (Lipinski definition) is 3. The Morgan fingerprint density at radius 2 is 2.46 bits per heavy atom. The van der Waals surface area contributed by atoms with E-state index in [-0.39, 0.29) is 11.8 Å². The van der Waals surface area contributed by atoms with E-state index in [0.717, 1.165) is 6.42 Å². The van der Waals surface area contributed by atoms with Crippen LogP contribution in [0.5, 0.6) is 0 Å². The highest BCUT2D eigenvalue weighted by Crippen LogP contribution is 2.11. The van der Waals surface area contributed by atoms with Crippen LogP contribution in [0, 0.1) is 11.8 Å². The van der Waals surface area contributed by atoms with Crippen molar-refractivity contribution >= 4 is 5.91 Å². The van der Waals surface area contributed by atoms with Crippen molar-refractivity contribution in [2.75, 3.05) is 19.8 Å². The van der Waals surface area contributed by atoms with Crippen LogP contribution >= 0.6 is 0 Å². The molecule has 1 N–H and O–H groups in total. The van der Waals surface area contributed by atoms with Gasteiger partial charge in [-0.25, -0.2) is 5.48 Å². The Labute approximate surface area is 78.5 Å². The molecule has 0 aromatic heterocycles. The van der Waals surface area contributed by atoms with Crippen molar-refractivity contribution in [3.8, 4) is 0 Å². The first-order valence-corrected chi connectivity index (χ1v) is 4.69. The van der Waals surface area contributed by atoms with Gasteiger partial charge < -0.3 is 4.74 Å². The van der Waals surface area contributed by atoms with Gasteiger partial charge >= 0.3 is 0 Å². The first-order chi connectivity index (χ1) is 6.20. The first-order valence-electron chi connectivity index (χ1n) is 4.69. The highest BCUT2D eigenvalue weighted by atomic mass is 16.7. The number of carbonyl (C=O) groups excluding carboxylic acids is 1. The van der Waals surface area contributed by atoms with Gasteiger partial charge in [-0.1, -0.05) is 13.8 Å². The number of rotatable bonds is 4. The Balaban J connectivity index is 2.10. The van der Waals surface area contributed by atoms with Crippen molar-refractivity contribution in [3.63, 3.8) is 0 Å². The lowest BCUT2D eigenvalue weighted by atomic mass is 10.1. The second-order valence-corrected chi connectivity index (χ2v) is 3.73. The molecule has 0 aliphatic carbocycles. The zero-order valence-electron chi connectivity index (χ0n) is 8.21. The predicted octanol–water partition coefficient (Wildman–Crippen LogP) is 0.727. The molecule has 0 radical (unpaired) electrons. The normalized spacial score (nSPS) is 22.2. The van der Waals surface area contributed by atoms with Crippen LogP contribution in [-0.4, -0.2) is 25.7 Å². The van der Waals surface area contributed by atoms with Crippen LogP contribution in [0.25, 0.3) is 0 Å². The summed E-state index contributed by atoms with van der Waals surface area (Å²) in [7, 11) is 0. The molecule has 1 heterocycles. The molecule has 0 aromatic rings. The van der Waals surface area contributed by atoms with Crippen molar-refractivity contribution in [1.82, 2.24) is 5.48 Å². The highest BCUT2D eigenvalue weighted by molar-refractivity contribution is 5.77. The maximum atomic E-state index is 11.3. The van der Waals surface area contributed by atoms with E-state index in [1.54, 1.807) is 0 Å². The van der Waals surface area contributed by atoms with Crippen LogP contribution < -0.4 is 5.48 Å². The second kappa shape index (κ2) is 5.19. The Bertz CT molecular complexity index is 164. The Morgan fingerprint density at radius 1 is 1.69 bits per heavy atom. The van der Waals surface area contributed by atoms with E-state index in [0.29, 0.717) is 25.7 Å². The van der Waals surface area contributed by atoms with E-state index >= 15 is 0 Å². The van der Waals surface area contributed by atoms with E-state index in [4.69, 9.17) is 9.57 Å². The van der Waals surface area contributed by atoms with Crippen LogP contribution in [0.15, 0.2) is 0 Å². The zero-order valence-corrected chi connectivity index (χ0v) is 8.21. The minimum atomic E-state index is -0.0573. The van der Waals surface area contributed by atoms with Gasteiger partial charge in [-0.3, -0.25) is 9.63 Å². The molecule has 0 bridgehead atoms. The third-order valence-electron chi connectivity index (χ3n) is 1.89. The standard InChI is InChI=1S/C9H17NO3/c1-7(2)5-13-10-9(11)8-3-4-12-6-8/h7-8H,3-6H2,1-2H3,(H,10,11). The monoisotopic (exact) mass is 187 g/mol. The molecule has 1 aliphatic heterocycles. The van der Waals surface area contributed by atoms with E-state index in [1.807, 2.05) is 13.8 Å². The molecular weight excluding hydrogens is 170 g/mol. The van der Waals surface area contributed by atoms with Crippen LogP contribution in [0.1, 0.15) is 20.3 Å². The summed E-state index contributed by atoms with van der Waals surface area (Å²) < 4.78 is 5.09. The van der Waals surface area contributed by atoms with Crippen molar-refractivity contribution in [1.29, 1.82) is 0 Å². The van der Waals surface area contributed by atoms with E-state index < -0.39 is 0 Å². The van der Waals surface area contributed by atoms with Crippen LogP contribution in [0.4, 0.5) is 0 Å². The SMILES string of the molecule is CC(C)CONC(=O)C1CCOC1. The van der Waals surface area contributed by atoms with Crippen molar-refractivity contribution in [2.45, 2.75) is 20.3 Å². The van der Waals surface area contributed by atoms with Crippen LogP contribution in [0.2, 0.25) is 0 Å². The second-order valence-electron chi connectivity index (χ2n) is 3.73. The number of nitrogens with one attached hydrogen (secondary N) is 1. The molecule has 76 valence electrons. The van der Waals surface area contributed by atoms with E-state index in [2.05, 4.69) is 5.48 Å². The number of hydroxylamine groups is 1. The lowest BCUT2D eigenvalue weighted by molar-refractivity contribution is -0.138. The molecule has 1 amide bonds. The maximum Gasteiger partial charge on any atom is 0.249 e. The molecular formula is C9H17NO3. The molecule has 4 nitrogen and oxygen atoms in total. The Kier molecular flexibility index (Phi) is 4.18. The first kappa shape index (κ1) is 10.5. The van der Waals surface area contributed by atoms with Gasteiger partial charge in [-0.2, -0.15) is 0 Å². The summed E-state index contributed by atoms with van der Waals surface area (Å²) in [6.07, 6.45) is 0.802. The van der Waals surface area contributed by atoms with Crippen molar-refractivity contribution in [2.24, 2.45) is 11.8 Å². The molecule has 0 aromatic carbocycles. The molecule has 1 rings (SSSR count). The molecule has 1 saturated heterocycles. The smallest absolute Gasteiger partial charge is 0.249 e. The fourth-order valence-electron chi connectivity index (χ4n) is 1.10. The van der Waals surface area contributed by atoms with Gasteiger partial charge in [0.05, 0.1) is 19.1 Å². The molecule has 4 heteroatoms. The van der Waals surface area contributed by atoms with E-state index in [9.17, 15) is 4.79 Å². The lowest BCUT2D eigenvalue weighted by Gasteiger charge is -2.10. The van der Waals surface area contributed by atoms with Gasteiger partial charge in [0.15, 0.2) is 0 Å². The van der Waals surface area contributed by atoms with Gasteiger partial charge in [-0.15, -0.1) is 0 Å². The average Bonchev–Trinajstić information content (AvgIpc) is 2.55. The molecule has 0 spiro atoms. The molecule has 1 unspecified atom stereocenters. The quantitative estimate of drug-likeness (QED) is 0.660. The van der Waals surface area contributed by atoms with Gasteiger partial charge in [0, 0.05) is 6.61 Å². The summed E-state index contributed by atoms with van der Waals surface area (Å²) in [5, 5.41) is 0. The number of carbonyl (C=O) groups is 1. The molecule has 1 atom stereocenters. The number of amides is 1. The van der Waals surface area contributed by atoms with Crippen molar-refractivity contribution < 1.29 is 14.4 Å². The third kappa shape index (κ3) is 3.74. The van der Waals surface area contributed by atoms with Gasteiger partial charge in [-0.05, 0) is 12.3 Å². The fraction of sp³-hybridized carbons (Fsp3) is 0.889. The fourth-order valence-corrected chi connectivity index (χ4v) is 1.10. The summed E-state index contributed by atoms with van der Waals surface area (Å²) in [6.45, 7) is 5.83. The Hall–Kier alpha value is -0.610. The summed E-state index contributed by atoms with van der Waals surface area (Å²) in [4.78, 5) is 16.3. The summed E-state index contributed by atoms with van der Waals surface area (Å²) in [5.74, 6) is 0.352. The predicted molar refractivity (Wildman–Crippen MR) is 47.9 cm³/mol. The van der Waals surface area contributed by atoms with Crippen LogP contribution in [0.3, 0.4) is 0 Å². The highest BCUT2D eigenvalue weighted by Gasteiger charge is 2.23. The summed E-state index contributed by atoms with van der Waals surface area (Å²) >= 11 is 0. The van der Waals surface area contributed by atoms with Gasteiger partial charge in [0.2, 0.25) is 5.91 Å². The molecule has 1 aliphatic rings. The largest absolute Gasteiger partial charge is 0.381 e. The maximum absolute atomic E-state index is 11.3. The van der Waals surface area contributed by atoms with Crippen LogP contribution in [-0.2, 0) is 14.4 Å².